The van der Waals surface area contributed by atoms with Crippen molar-refractivity contribution in [1.82, 2.24) is 4.90 Å². The summed E-state index contributed by atoms with van der Waals surface area (Å²) in [4.78, 5) is 14.6. The smallest absolute Gasteiger partial charge is 0.266 e. The minimum atomic E-state index is -0.116. The molecule has 1 heterocycles. The Labute approximate surface area is 197 Å². The summed E-state index contributed by atoms with van der Waals surface area (Å²) in [5.41, 5.74) is 0.827. The van der Waals surface area contributed by atoms with Gasteiger partial charge in [0.2, 0.25) is 0 Å². The van der Waals surface area contributed by atoms with Crippen molar-refractivity contribution in [3.63, 3.8) is 0 Å². The van der Waals surface area contributed by atoms with E-state index in [1.807, 2.05) is 42.5 Å². The first-order chi connectivity index (χ1) is 15.6. The van der Waals surface area contributed by atoms with Crippen LogP contribution in [-0.2, 0) is 4.79 Å². The summed E-state index contributed by atoms with van der Waals surface area (Å²) in [6, 6.07) is 13.1. The normalized spacial score (nSPS) is 14.6. The third-order valence-corrected chi connectivity index (χ3v) is 5.92. The summed E-state index contributed by atoms with van der Waals surface area (Å²) in [7, 11) is 3.20. The molecule has 0 N–H and O–H groups in total. The molecule has 6 nitrogen and oxygen atoms in total. The molecule has 2 aromatic carbocycles. The molecule has 1 aliphatic heterocycles. The summed E-state index contributed by atoms with van der Waals surface area (Å²) >= 11 is 6.56. The van der Waals surface area contributed by atoms with Crippen LogP contribution in [0.4, 0.5) is 0 Å². The van der Waals surface area contributed by atoms with Crippen molar-refractivity contribution in [1.29, 1.82) is 0 Å². The van der Waals surface area contributed by atoms with Gasteiger partial charge in [0.25, 0.3) is 5.91 Å². The second kappa shape index (κ2) is 11.6. The maximum Gasteiger partial charge on any atom is 0.266 e. The Hall–Kier alpha value is -2.97. The number of ether oxygens (including phenoxy) is 4. The van der Waals surface area contributed by atoms with Crippen LogP contribution < -0.4 is 18.9 Å². The number of methoxy groups -OCH3 is 2. The minimum absolute atomic E-state index is 0.116. The Balaban J connectivity index is 1.57. The van der Waals surface area contributed by atoms with E-state index in [0.717, 1.165) is 5.56 Å². The van der Waals surface area contributed by atoms with Crippen molar-refractivity contribution in [3.05, 3.63) is 65.6 Å². The number of carbonyl (C=O) groups excluding carboxylic acids is 1. The van der Waals surface area contributed by atoms with Crippen LogP contribution in [0.1, 0.15) is 12.0 Å². The average molecular weight is 472 g/mol. The average Bonchev–Trinajstić information content (AvgIpc) is 3.07. The maximum absolute atomic E-state index is 12.5. The number of hydrogen-bond donors (Lipinski definition) is 0. The minimum Gasteiger partial charge on any atom is -0.493 e. The van der Waals surface area contributed by atoms with E-state index in [9.17, 15) is 4.79 Å². The standard InChI is InChI=1S/C24H25NO5S2/c1-4-12-25-23(26)22(32-24(25)31)16-17-10-11-20(21(15-17)28-3)30-14-7-13-29-19-9-6-5-8-18(19)27-2/h4-6,8-11,15-16H,1,7,12-14H2,2-3H3/b22-16+. The van der Waals surface area contributed by atoms with Gasteiger partial charge in [-0.1, -0.05) is 48.3 Å². The van der Waals surface area contributed by atoms with Crippen LogP contribution in [0.5, 0.6) is 23.0 Å². The molecule has 1 saturated heterocycles. The second-order valence-corrected chi connectivity index (χ2v) is 8.37. The number of hydrogen-bond acceptors (Lipinski definition) is 7. The van der Waals surface area contributed by atoms with E-state index >= 15 is 0 Å². The van der Waals surface area contributed by atoms with Gasteiger partial charge >= 0.3 is 0 Å². The number of nitrogens with zero attached hydrogens (tertiary/aromatic N) is 1. The Morgan fingerprint density at radius 2 is 1.66 bits per heavy atom. The second-order valence-electron chi connectivity index (χ2n) is 6.69. The zero-order chi connectivity index (χ0) is 22.9. The van der Waals surface area contributed by atoms with Crippen LogP contribution in [0.3, 0.4) is 0 Å². The molecule has 32 heavy (non-hydrogen) atoms. The van der Waals surface area contributed by atoms with Crippen LogP contribution in [0.25, 0.3) is 6.08 Å². The number of para-hydroxylation sites is 2. The van der Waals surface area contributed by atoms with Crippen LogP contribution in [0.15, 0.2) is 60.0 Å². The zero-order valence-corrected chi connectivity index (χ0v) is 19.7. The maximum atomic E-state index is 12.5. The molecule has 0 aromatic heterocycles. The Kier molecular flexibility index (Phi) is 8.58. The van der Waals surface area contributed by atoms with E-state index < -0.39 is 0 Å². The van der Waals surface area contributed by atoms with Gasteiger partial charge in [0.05, 0.1) is 32.3 Å². The fourth-order valence-electron chi connectivity index (χ4n) is 2.99. The van der Waals surface area contributed by atoms with Crippen LogP contribution in [0, 0.1) is 0 Å². The largest absolute Gasteiger partial charge is 0.493 e. The highest BCUT2D eigenvalue weighted by atomic mass is 32.2. The molecule has 1 aliphatic rings. The van der Waals surface area contributed by atoms with Gasteiger partial charge in [-0.05, 0) is 35.9 Å². The first-order valence-corrected chi connectivity index (χ1v) is 11.2. The lowest BCUT2D eigenvalue weighted by Crippen LogP contribution is -2.27. The van der Waals surface area contributed by atoms with Gasteiger partial charge in [-0.3, -0.25) is 9.69 Å². The summed E-state index contributed by atoms with van der Waals surface area (Å²) in [6.45, 7) is 5.03. The Morgan fingerprint density at radius 1 is 1.00 bits per heavy atom. The molecule has 2 aromatic rings. The van der Waals surface area contributed by atoms with Gasteiger partial charge in [0.15, 0.2) is 23.0 Å². The molecule has 0 bridgehead atoms. The molecule has 0 unspecified atom stereocenters. The lowest BCUT2D eigenvalue weighted by Gasteiger charge is -2.13. The monoisotopic (exact) mass is 471 g/mol. The molecule has 168 valence electrons. The molecule has 0 aliphatic carbocycles. The van der Waals surface area contributed by atoms with E-state index in [-0.39, 0.29) is 5.91 Å². The van der Waals surface area contributed by atoms with Crippen molar-refractivity contribution in [2.45, 2.75) is 6.42 Å². The topological polar surface area (TPSA) is 57.2 Å². The Bertz CT molecular complexity index is 1020. The number of thiocarbonyl (C=S) groups is 1. The van der Waals surface area contributed by atoms with Gasteiger partial charge in [-0.15, -0.1) is 6.58 Å². The summed E-state index contributed by atoms with van der Waals surface area (Å²) in [5, 5.41) is 0. The molecule has 8 heteroatoms. The summed E-state index contributed by atoms with van der Waals surface area (Å²) < 4.78 is 22.9. The lowest BCUT2D eigenvalue weighted by atomic mass is 10.2. The quantitative estimate of drug-likeness (QED) is 0.199. The Morgan fingerprint density at radius 3 is 2.31 bits per heavy atom. The van der Waals surface area contributed by atoms with E-state index in [1.54, 1.807) is 26.4 Å². The highest BCUT2D eigenvalue weighted by molar-refractivity contribution is 8.26. The summed E-state index contributed by atoms with van der Waals surface area (Å²) in [5.74, 6) is 2.50. The van der Waals surface area contributed by atoms with E-state index in [4.69, 9.17) is 31.2 Å². The number of amides is 1. The third-order valence-electron chi connectivity index (χ3n) is 4.54. The van der Waals surface area contributed by atoms with E-state index in [2.05, 4.69) is 6.58 Å². The van der Waals surface area contributed by atoms with Crippen molar-refractivity contribution in [3.8, 4) is 23.0 Å². The van der Waals surface area contributed by atoms with Gasteiger partial charge in [-0.2, -0.15) is 0 Å². The molecule has 0 saturated carbocycles. The van der Waals surface area contributed by atoms with Crippen molar-refractivity contribution < 1.29 is 23.7 Å². The fraction of sp³-hybridized carbons (Fsp3) is 0.250. The predicted octanol–water partition coefficient (Wildman–Crippen LogP) is 4.94. The molecular weight excluding hydrogens is 446 g/mol. The number of carbonyl (C=O) groups is 1. The van der Waals surface area contributed by atoms with Crippen molar-refractivity contribution >= 4 is 40.3 Å². The predicted molar refractivity (Wildman–Crippen MR) is 132 cm³/mol. The fourth-order valence-corrected chi connectivity index (χ4v) is 4.27. The van der Waals surface area contributed by atoms with Crippen LogP contribution >= 0.6 is 24.0 Å². The molecular formula is C24H25NO5S2. The van der Waals surface area contributed by atoms with Gasteiger partial charge in [0, 0.05) is 13.0 Å². The first kappa shape index (κ1) is 23.7. The highest BCUT2D eigenvalue weighted by Gasteiger charge is 2.31. The molecule has 0 atom stereocenters. The number of benzene rings is 2. The van der Waals surface area contributed by atoms with Crippen LogP contribution in [-0.4, -0.2) is 49.1 Å². The third kappa shape index (κ3) is 5.83. The van der Waals surface area contributed by atoms with Gasteiger partial charge < -0.3 is 18.9 Å². The zero-order valence-electron chi connectivity index (χ0n) is 18.0. The van der Waals surface area contributed by atoms with Crippen molar-refractivity contribution in [2.75, 3.05) is 34.0 Å². The van der Waals surface area contributed by atoms with E-state index in [0.29, 0.717) is 58.4 Å². The molecule has 0 radical (unpaired) electrons. The highest BCUT2D eigenvalue weighted by Crippen LogP contribution is 2.34. The molecule has 1 amide bonds. The summed E-state index contributed by atoms with van der Waals surface area (Å²) in [6.07, 6.45) is 4.15. The molecule has 3 rings (SSSR count). The lowest BCUT2D eigenvalue weighted by molar-refractivity contribution is -0.121. The van der Waals surface area contributed by atoms with E-state index in [1.165, 1.54) is 16.7 Å². The van der Waals surface area contributed by atoms with Gasteiger partial charge in [-0.25, -0.2) is 0 Å². The van der Waals surface area contributed by atoms with Gasteiger partial charge in [0.1, 0.15) is 4.32 Å². The number of rotatable bonds is 11. The first-order valence-electron chi connectivity index (χ1n) is 10.00. The van der Waals surface area contributed by atoms with Crippen LogP contribution in [0.2, 0.25) is 0 Å². The SMILES string of the molecule is C=CCN1C(=O)/C(=C\c2ccc(OCCCOc3ccccc3OC)c(OC)c2)SC1=S. The van der Waals surface area contributed by atoms with Crippen molar-refractivity contribution in [2.24, 2.45) is 0 Å². The number of thioether (sulfide) groups is 1. The molecule has 1 fully saturated rings. The molecule has 0 spiro atoms.